The highest BCUT2D eigenvalue weighted by Crippen LogP contribution is 2.12. The molecule has 0 spiro atoms. The van der Waals surface area contributed by atoms with E-state index < -0.39 is 11.5 Å². The second-order valence-electron chi connectivity index (χ2n) is 2.05. The molecule has 0 rings (SSSR count). The quantitative estimate of drug-likeness (QED) is 0.564. The van der Waals surface area contributed by atoms with Crippen molar-refractivity contribution >= 4 is 17.4 Å². The summed E-state index contributed by atoms with van der Waals surface area (Å²) in [7, 11) is 0. The van der Waals surface area contributed by atoms with Crippen molar-refractivity contribution in [3.63, 3.8) is 0 Å². The highest BCUT2D eigenvalue weighted by Gasteiger charge is 2.22. The number of aliphatic hydroxyl groups is 1. The predicted octanol–water partition coefficient (Wildman–Crippen LogP) is 0.565. The molecule has 0 aliphatic rings. The van der Waals surface area contributed by atoms with Gasteiger partial charge in [0.2, 0.25) is 0 Å². The third-order valence-electron chi connectivity index (χ3n) is 0.807. The minimum absolute atomic E-state index is 0.348. The number of ketones is 1. The Kier molecular flexibility index (Phi) is 2.44. The molecule has 1 N–H and O–H groups in total. The van der Waals surface area contributed by atoms with Crippen LogP contribution in [0.3, 0.4) is 0 Å². The summed E-state index contributed by atoms with van der Waals surface area (Å²) < 4.78 is 0. The van der Waals surface area contributed by atoms with E-state index in [2.05, 4.69) is 0 Å². The molecule has 0 amide bonds. The van der Waals surface area contributed by atoms with Gasteiger partial charge in [0.15, 0.2) is 5.78 Å². The van der Waals surface area contributed by atoms with Crippen molar-refractivity contribution in [3.8, 4) is 0 Å². The van der Waals surface area contributed by atoms with Gasteiger partial charge in [-0.05, 0) is 13.8 Å². The fourth-order valence-corrected chi connectivity index (χ4v) is 0.248. The number of carbonyl (C=O) groups excluding carboxylic acids is 1. The lowest BCUT2D eigenvalue weighted by Gasteiger charge is -2.10. The predicted molar refractivity (Wildman–Crippen MR) is 32.0 cm³/mol. The third kappa shape index (κ3) is 2.28. The zero-order valence-corrected chi connectivity index (χ0v) is 5.70. The maximum atomic E-state index is 10.5. The highest BCUT2D eigenvalue weighted by molar-refractivity contribution is 6.34. The number of aliphatic hydroxyl groups excluding tert-OH is 1. The number of halogens is 1. The number of alkyl halides is 1. The average molecular weight is 137 g/mol. The minimum Gasteiger partial charge on any atom is -0.389 e. The van der Waals surface area contributed by atoms with Crippen LogP contribution in [-0.2, 0) is 4.79 Å². The van der Waals surface area contributed by atoms with Crippen LogP contribution in [0, 0.1) is 0 Å². The van der Waals surface area contributed by atoms with E-state index in [0.717, 1.165) is 0 Å². The molecule has 0 aromatic carbocycles. The lowest BCUT2D eigenvalue weighted by Crippen LogP contribution is -2.27. The number of hydrogen-bond acceptors (Lipinski definition) is 2. The minimum atomic E-state index is -0.908. The second kappa shape index (κ2) is 2.46. The van der Waals surface area contributed by atoms with E-state index in [4.69, 9.17) is 16.7 Å². The molecule has 0 saturated heterocycles. The van der Waals surface area contributed by atoms with Gasteiger partial charge in [0, 0.05) is 0 Å². The van der Waals surface area contributed by atoms with Crippen LogP contribution in [0.4, 0.5) is 0 Å². The van der Waals surface area contributed by atoms with Gasteiger partial charge >= 0.3 is 0 Å². The Morgan fingerprint density at radius 2 is 2.12 bits per heavy atom. The Balaban J connectivity index is 3.82. The molecule has 0 heterocycles. The smallest absolute Gasteiger partial charge is 0.178 e. The number of carbonyl (C=O) groups is 1. The largest absolute Gasteiger partial charge is 0.389 e. The molecule has 0 unspecified atom stereocenters. The lowest BCUT2D eigenvalue weighted by molar-refractivity contribution is -0.123. The number of hydrogen-bond donors (Lipinski definition) is 1. The van der Waals surface area contributed by atoms with E-state index in [1.165, 1.54) is 0 Å². The van der Waals surface area contributed by atoms with Gasteiger partial charge in [-0.1, -0.05) is 0 Å². The number of rotatable bonds is 2. The van der Waals surface area contributed by atoms with Gasteiger partial charge in [-0.2, -0.15) is 0 Å². The molecular formula is C5H9ClO2. The summed E-state index contributed by atoms with van der Waals surface area (Å²) >= 11 is 5.47. The van der Waals surface area contributed by atoms with Crippen molar-refractivity contribution in [3.05, 3.63) is 0 Å². The molecule has 0 fully saturated rings. The van der Waals surface area contributed by atoms with Crippen molar-refractivity contribution in [2.45, 2.75) is 18.7 Å². The monoisotopic (exact) mass is 136 g/mol. The van der Waals surface area contributed by atoms with Crippen molar-refractivity contribution in [1.29, 1.82) is 0 Å². The van der Waals surface area contributed by atoms with E-state index in [-0.39, 0.29) is 5.78 Å². The maximum absolute atomic E-state index is 10.5. The molecule has 0 atom stereocenters. The normalized spacial score (nSPS) is 11.5. The summed E-state index contributed by atoms with van der Waals surface area (Å²) in [4.78, 5) is 9.54. The van der Waals surface area contributed by atoms with Gasteiger partial charge in [0.05, 0.1) is 4.87 Å². The first-order valence-corrected chi connectivity index (χ1v) is 2.69. The molecule has 8 heavy (non-hydrogen) atoms. The molecule has 0 bridgehead atoms. The van der Waals surface area contributed by atoms with Crippen molar-refractivity contribution < 1.29 is 9.90 Å². The van der Waals surface area contributed by atoms with Gasteiger partial charge in [-0.15, -0.1) is 11.6 Å². The van der Waals surface area contributed by atoms with Gasteiger partial charge in [-0.25, -0.2) is 0 Å². The SMILES string of the molecule is CC(C)(Cl)C(=O)CO. The average Bonchev–Trinajstić information content (AvgIpc) is 1.62. The first kappa shape index (κ1) is 7.92. The van der Waals surface area contributed by atoms with E-state index >= 15 is 0 Å². The molecule has 0 radical (unpaired) electrons. The van der Waals surface area contributed by atoms with Crippen LogP contribution in [-0.4, -0.2) is 22.4 Å². The summed E-state index contributed by atoms with van der Waals surface area (Å²) in [5.41, 5.74) is 0. The molecule has 0 saturated carbocycles. The molecule has 0 aliphatic carbocycles. The Bertz CT molecular complexity index is 93.1. The van der Waals surface area contributed by atoms with Crippen LogP contribution in [0.5, 0.6) is 0 Å². The van der Waals surface area contributed by atoms with Crippen molar-refractivity contribution in [1.82, 2.24) is 0 Å². The summed E-state index contributed by atoms with van der Waals surface area (Å²) in [6, 6.07) is 0. The van der Waals surface area contributed by atoms with Crippen LogP contribution >= 0.6 is 11.6 Å². The van der Waals surface area contributed by atoms with Gasteiger partial charge in [-0.3, -0.25) is 4.79 Å². The third-order valence-corrected chi connectivity index (χ3v) is 1.02. The van der Waals surface area contributed by atoms with Crippen LogP contribution in [0.15, 0.2) is 0 Å². The lowest BCUT2D eigenvalue weighted by atomic mass is 10.1. The summed E-state index contributed by atoms with van der Waals surface area (Å²) in [5, 5.41) is 8.24. The summed E-state index contributed by atoms with van der Waals surface area (Å²) in [5.74, 6) is -0.348. The highest BCUT2D eigenvalue weighted by atomic mass is 35.5. The zero-order valence-electron chi connectivity index (χ0n) is 4.94. The van der Waals surface area contributed by atoms with Crippen molar-refractivity contribution in [2.75, 3.05) is 6.61 Å². The molecule has 0 aromatic rings. The fourth-order valence-electron chi connectivity index (χ4n) is 0.188. The van der Waals surface area contributed by atoms with E-state index in [1.807, 2.05) is 0 Å². The first-order chi connectivity index (χ1) is 3.48. The first-order valence-electron chi connectivity index (χ1n) is 2.31. The Hall–Kier alpha value is -0.0800. The topological polar surface area (TPSA) is 37.3 Å². The fraction of sp³-hybridized carbons (Fsp3) is 0.800. The van der Waals surface area contributed by atoms with Crippen LogP contribution in [0.25, 0.3) is 0 Å². The van der Waals surface area contributed by atoms with E-state index in [9.17, 15) is 4.79 Å². The van der Waals surface area contributed by atoms with Gasteiger partial charge in [0.25, 0.3) is 0 Å². The Morgan fingerprint density at radius 3 is 2.12 bits per heavy atom. The van der Waals surface area contributed by atoms with Crippen LogP contribution in [0.2, 0.25) is 0 Å². The van der Waals surface area contributed by atoms with Gasteiger partial charge in [0.1, 0.15) is 6.61 Å². The molecule has 3 heteroatoms. The van der Waals surface area contributed by atoms with E-state index in [0.29, 0.717) is 0 Å². The molecule has 48 valence electrons. The summed E-state index contributed by atoms with van der Waals surface area (Å²) in [6.45, 7) is 2.62. The molecule has 0 aromatic heterocycles. The summed E-state index contributed by atoms with van der Waals surface area (Å²) in [6.07, 6.45) is 0. The van der Waals surface area contributed by atoms with E-state index in [1.54, 1.807) is 13.8 Å². The van der Waals surface area contributed by atoms with Crippen LogP contribution in [0.1, 0.15) is 13.8 Å². The number of Topliss-reactive ketones (excluding diaryl/α,β-unsaturated/α-hetero) is 1. The van der Waals surface area contributed by atoms with Gasteiger partial charge < -0.3 is 5.11 Å². The maximum Gasteiger partial charge on any atom is 0.178 e. The molecule has 2 nitrogen and oxygen atoms in total. The standard InChI is InChI=1S/C5H9ClO2/c1-5(2,6)4(8)3-7/h7H,3H2,1-2H3. The second-order valence-corrected chi connectivity index (χ2v) is 3.00. The Labute approximate surface area is 53.5 Å². The molecular weight excluding hydrogens is 128 g/mol. The zero-order chi connectivity index (χ0) is 6.78. The van der Waals surface area contributed by atoms with Crippen LogP contribution < -0.4 is 0 Å². The van der Waals surface area contributed by atoms with Crippen molar-refractivity contribution in [2.24, 2.45) is 0 Å². The Morgan fingerprint density at radius 1 is 1.75 bits per heavy atom. The molecule has 0 aliphatic heterocycles.